The second kappa shape index (κ2) is 9.53. The Balaban J connectivity index is 1.33. The van der Waals surface area contributed by atoms with Crippen molar-refractivity contribution in [3.05, 3.63) is 59.0 Å². The summed E-state index contributed by atoms with van der Waals surface area (Å²) in [6, 6.07) is 8.89. The normalized spacial score (nSPS) is 15.2. The molecule has 0 bridgehead atoms. The Morgan fingerprint density at radius 1 is 1.16 bits per heavy atom. The number of hydrogen-bond donors (Lipinski definition) is 2. The number of piperidine rings is 1. The van der Waals surface area contributed by atoms with Crippen molar-refractivity contribution in [3.8, 4) is 0 Å². The molecule has 0 saturated carbocycles. The van der Waals surface area contributed by atoms with Crippen LogP contribution in [0.3, 0.4) is 0 Å². The van der Waals surface area contributed by atoms with Gasteiger partial charge < -0.3 is 5.32 Å². The van der Waals surface area contributed by atoms with Crippen LogP contribution in [0.1, 0.15) is 37.1 Å². The van der Waals surface area contributed by atoms with Crippen molar-refractivity contribution in [2.24, 2.45) is 0 Å². The first-order chi connectivity index (χ1) is 15.0. The highest BCUT2D eigenvalue weighted by Crippen LogP contribution is 2.27. The third-order valence-corrected chi connectivity index (χ3v) is 6.16. The van der Waals surface area contributed by atoms with Gasteiger partial charge >= 0.3 is 6.03 Å². The topological polar surface area (TPSA) is 80.0 Å². The van der Waals surface area contributed by atoms with E-state index in [0.29, 0.717) is 16.5 Å². The molecule has 0 radical (unpaired) electrons. The van der Waals surface area contributed by atoms with Crippen LogP contribution in [-0.4, -0.2) is 43.6 Å². The molecule has 4 rings (SSSR count). The summed E-state index contributed by atoms with van der Waals surface area (Å²) in [4.78, 5) is 14.9. The Bertz CT molecular complexity index is 1040. The summed E-state index contributed by atoms with van der Waals surface area (Å²) >= 11 is 6.12. The van der Waals surface area contributed by atoms with E-state index in [9.17, 15) is 4.79 Å². The SMILES string of the molecule is CCn1ncc(CN2CCC(n3nccc3NC(=O)Nc3ccccc3Cl)CC2)c1C. The fourth-order valence-corrected chi connectivity index (χ4v) is 4.24. The Morgan fingerprint density at radius 2 is 1.94 bits per heavy atom. The monoisotopic (exact) mass is 441 g/mol. The third kappa shape index (κ3) is 4.91. The van der Waals surface area contributed by atoms with Gasteiger partial charge in [-0.1, -0.05) is 23.7 Å². The van der Waals surface area contributed by atoms with Crippen LogP contribution in [0.4, 0.5) is 16.3 Å². The maximum absolute atomic E-state index is 12.4. The molecule has 1 aliphatic heterocycles. The van der Waals surface area contributed by atoms with Gasteiger partial charge in [-0.05, 0) is 38.8 Å². The number of aryl methyl sites for hydroxylation is 1. The first-order valence-corrected chi connectivity index (χ1v) is 11.0. The average Bonchev–Trinajstić information content (AvgIpc) is 3.37. The van der Waals surface area contributed by atoms with E-state index < -0.39 is 0 Å². The minimum Gasteiger partial charge on any atom is -0.306 e. The molecule has 2 N–H and O–H groups in total. The molecule has 2 aromatic heterocycles. The first kappa shape index (κ1) is 21.4. The van der Waals surface area contributed by atoms with Gasteiger partial charge in [0.1, 0.15) is 5.82 Å². The van der Waals surface area contributed by atoms with E-state index in [4.69, 9.17) is 11.6 Å². The van der Waals surface area contributed by atoms with Crippen LogP contribution in [0.25, 0.3) is 0 Å². The molecule has 31 heavy (non-hydrogen) atoms. The molecule has 1 aromatic carbocycles. The second-order valence-corrected chi connectivity index (χ2v) is 8.21. The molecule has 0 aliphatic carbocycles. The Labute approximate surface area is 187 Å². The number of rotatable bonds is 6. The standard InChI is InChI=1S/C22H28ClN7O/c1-3-29-16(2)17(14-25-29)15-28-12-9-18(10-13-28)30-21(8-11-24-30)27-22(31)26-20-7-5-4-6-19(20)23/h4-8,11,14,18H,3,9-10,12-13,15H2,1-2H3,(H2,26,27,31). The molecule has 3 heterocycles. The Hall–Kier alpha value is -2.84. The third-order valence-electron chi connectivity index (χ3n) is 5.84. The van der Waals surface area contributed by atoms with Crippen molar-refractivity contribution in [1.29, 1.82) is 0 Å². The summed E-state index contributed by atoms with van der Waals surface area (Å²) in [7, 11) is 0. The van der Waals surface area contributed by atoms with Gasteiger partial charge in [0.15, 0.2) is 0 Å². The molecular weight excluding hydrogens is 414 g/mol. The number of nitrogens with one attached hydrogen (secondary N) is 2. The van der Waals surface area contributed by atoms with Crippen LogP contribution >= 0.6 is 11.6 Å². The molecule has 1 fully saturated rings. The first-order valence-electron chi connectivity index (χ1n) is 10.6. The van der Waals surface area contributed by atoms with Crippen LogP contribution < -0.4 is 10.6 Å². The quantitative estimate of drug-likeness (QED) is 0.588. The van der Waals surface area contributed by atoms with E-state index in [2.05, 4.69) is 39.6 Å². The van der Waals surface area contributed by atoms with E-state index in [-0.39, 0.29) is 12.1 Å². The van der Waals surface area contributed by atoms with Crippen LogP contribution in [0, 0.1) is 6.92 Å². The molecule has 2 amide bonds. The van der Waals surface area contributed by atoms with E-state index in [1.165, 1.54) is 11.3 Å². The lowest BCUT2D eigenvalue weighted by molar-refractivity contribution is 0.174. The minimum atomic E-state index is -0.337. The fraction of sp³-hybridized carbons (Fsp3) is 0.409. The van der Waals surface area contributed by atoms with E-state index in [1.807, 2.05) is 33.8 Å². The molecule has 0 atom stereocenters. The Morgan fingerprint density at radius 3 is 2.65 bits per heavy atom. The zero-order valence-electron chi connectivity index (χ0n) is 17.9. The maximum Gasteiger partial charge on any atom is 0.324 e. The highest BCUT2D eigenvalue weighted by molar-refractivity contribution is 6.33. The zero-order chi connectivity index (χ0) is 21.8. The molecule has 8 nitrogen and oxygen atoms in total. The van der Waals surface area contributed by atoms with E-state index in [1.54, 1.807) is 18.3 Å². The largest absolute Gasteiger partial charge is 0.324 e. The summed E-state index contributed by atoms with van der Waals surface area (Å²) in [5.74, 6) is 0.683. The highest BCUT2D eigenvalue weighted by atomic mass is 35.5. The summed E-state index contributed by atoms with van der Waals surface area (Å²) < 4.78 is 3.96. The fourth-order valence-electron chi connectivity index (χ4n) is 4.06. The molecule has 3 aromatic rings. The Kier molecular flexibility index (Phi) is 6.58. The van der Waals surface area contributed by atoms with Crippen LogP contribution in [0.2, 0.25) is 5.02 Å². The molecular formula is C22H28ClN7O. The van der Waals surface area contributed by atoms with Gasteiger partial charge in [0.2, 0.25) is 0 Å². The summed E-state index contributed by atoms with van der Waals surface area (Å²) in [6.45, 7) is 8.02. The highest BCUT2D eigenvalue weighted by Gasteiger charge is 2.24. The number of hydrogen-bond acceptors (Lipinski definition) is 4. The van der Waals surface area contributed by atoms with Crippen molar-refractivity contribution in [2.45, 2.75) is 45.8 Å². The smallest absolute Gasteiger partial charge is 0.306 e. The zero-order valence-corrected chi connectivity index (χ0v) is 18.6. The number of aromatic nitrogens is 4. The number of urea groups is 1. The predicted molar refractivity (Wildman–Crippen MR) is 123 cm³/mol. The maximum atomic E-state index is 12.4. The van der Waals surface area contributed by atoms with Gasteiger partial charge in [-0.3, -0.25) is 14.9 Å². The number of benzene rings is 1. The number of likely N-dealkylation sites (tertiary alicyclic amines) is 1. The lowest BCUT2D eigenvalue weighted by Crippen LogP contribution is -2.35. The number of amides is 2. The van der Waals surface area contributed by atoms with Gasteiger partial charge in [-0.15, -0.1) is 0 Å². The lowest BCUT2D eigenvalue weighted by atomic mass is 10.0. The van der Waals surface area contributed by atoms with Gasteiger partial charge in [0, 0.05) is 43.5 Å². The average molecular weight is 442 g/mol. The summed E-state index contributed by atoms with van der Waals surface area (Å²) in [5.41, 5.74) is 3.11. The lowest BCUT2D eigenvalue weighted by Gasteiger charge is -2.32. The van der Waals surface area contributed by atoms with E-state index >= 15 is 0 Å². The van der Waals surface area contributed by atoms with E-state index in [0.717, 1.165) is 39.0 Å². The van der Waals surface area contributed by atoms with Crippen molar-refractivity contribution >= 4 is 29.1 Å². The van der Waals surface area contributed by atoms with Gasteiger partial charge in [0.05, 0.1) is 29.1 Å². The second-order valence-electron chi connectivity index (χ2n) is 7.80. The molecule has 9 heteroatoms. The number of halogens is 1. The van der Waals surface area contributed by atoms with Gasteiger partial charge in [0.25, 0.3) is 0 Å². The van der Waals surface area contributed by atoms with Crippen molar-refractivity contribution in [3.63, 3.8) is 0 Å². The van der Waals surface area contributed by atoms with Crippen LogP contribution in [0.5, 0.6) is 0 Å². The molecule has 1 saturated heterocycles. The summed E-state index contributed by atoms with van der Waals surface area (Å²) in [5, 5.41) is 15.1. The molecule has 0 unspecified atom stereocenters. The number of para-hydroxylation sites is 1. The van der Waals surface area contributed by atoms with Crippen LogP contribution in [0.15, 0.2) is 42.7 Å². The minimum absolute atomic E-state index is 0.251. The number of carbonyl (C=O) groups is 1. The van der Waals surface area contributed by atoms with Gasteiger partial charge in [-0.25, -0.2) is 9.48 Å². The number of anilines is 2. The predicted octanol–water partition coefficient (Wildman–Crippen LogP) is 4.54. The summed E-state index contributed by atoms with van der Waals surface area (Å²) in [6.07, 6.45) is 5.66. The van der Waals surface area contributed by atoms with Gasteiger partial charge in [-0.2, -0.15) is 10.2 Å². The molecule has 1 aliphatic rings. The molecule has 0 spiro atoms. The number of nitrogens with zero attached hydrogens (tertiary/aromatic N) is 5. The van der Waals surface area contributed by atoms with Crippen molar-refractivity contribution in [1.82, 2.24) is 24.5 Å². The van der Waals surface area contributed by atoms with Crippen molar-refractivity contribution < 1.29 is 4.79 Å². The number of carbonyl (C=O) groups excluding carboxylic acids is 1. The van der Waals surface area contributed by atoms with Crippen molar-refractivity contribution in [2.75, 3.05) is 23.7 Å². The molecule has 164 valence electrons. The van der Waals surface area contributed by atoms with Crippen LogP contribution in [-0.2, 0) is 13.1 Å².